The fourth-order valence-electron chi connectivity index (χ4n) is 3.14. The quantitative estimate of drug-likeness (QED) is 0.491. The van der Waals surface area contributed by atoms with Crippen molar-refractivity contribution in [1.82, 2.24) is 24.7 Å². The average molecular weight is 399 g/mol. The molecule has 0 saturated carbocycles. The van der Waals surface area contributed by atoms with Gasteiger partial charge in [0.15, 0.2) is 0 Å². The smallest absolute Gasteiger partial charge is 0.254 e. The molecule has 5 rings (SSSR count). The fourth-order valence-corrected chi connectivity index (χ4v) is 4.21. The van der Waals surface area contributed by atoms with Crippen molar-refractivity contribution in [3.63, 3.8) is 0 Å². The van der Waals surface area contributed by atoms with Gasteiger partial charge in [0, 0.05) is 36.9 Å². The first kappa shape index (κ1) is 17.5. The second kappa shape index (κ2) is 7.10. The third-order valence-corrected chi connectivity index (χ3v) is 5.77. The number of imidazole rings is 1. The highest BCUT2D eigenvalue weighted by molar-refractivity contribution is 7.21. The van der Waals surface area contributed by atoms with E-state index in [1.54, 1.807) is 34.3 Å². The van der Waals surface area contributed by atoms with Crippen LogP contribution in [0.25, 0.3) is 26.6 Å². The molecule has 3 aromatic heterocycles. The molecule has 0 radical (unpaired) electrons. The maximum absolute atomic E-state index is 12.4. The summed E-state index contributed by atoms with van der Waals surface area (Å²) in [4.78, 5) is 25.4. The Kier molecular flexibility index (Phi) is 4.29. The van der Waals surface area contributed by atoms with Crippen molar-refractivity contribution >= 4 is 33.2 Å². The van der Waals surface area contributed by atoms with Crippen LogP contribution >= 0.6 is 11.3 Å². The van der Waals surface area contributed by atoms with Crippen LogP contribution in [0.15, 0.2) is 67.3 Å². The van der Waals surface area contributed by atoms with Gasteiger partial charge in [0.25, 0.3) is 5.91 Å². The Morgan fingerprint density at radius 3 is 2.86 bits per heavy atom. The topological polar surface area (TPSA) is 72.2 Å². The predicted octanol–water partition coefficient (Wildman–Crippen LogP) is 4.24. The van der Waals surface area contributed by atoms with Crippen LogP contribution in [0.1, 0.15) is 21.5 Å². The fraction of sp³-hybridized carbons (Fsp3) is 0.0909. The maximum Gasteiger partial charge on any atom is 0.254 e. The van der Waals surface area contributed by atoms with Crippen LogP contribution in [-0.2, 0) is 6.54 Å². The van der Waals surface area contributed by atoms with Crippen molar-refractivity contribution < 1.29 is 4.79 Å². The van der Waals surface area contributed by atoms with Gasteiger partial charge in [-0.25, -0.2) is 15.0 Å². The highest BCUT2D eigenvalue weighted by atomic mass is 32.1. The highest BCUT2D eigenvalue weighted by Crippen LogP contribution is 2.30. The van der Waals surface area contributed by atoms with E-state index in [2.05, 4.69) is 40.4 Å². The van der Waals surface area contributed by atoms with Crippen molar-refractivity contribution in [2.75, 3.05) is 0 Å². The molecule has 2 aromatic carbocycles. The summed E-state index contributed by atoms with van der Waals surface area (Å²) in [5, 5.41) is 3.93. The van der Waals surface area contributed by atoms with Crippen molar-refractivity contribution in [2.24, 2.45) is 0 Å². The Hall–Kier alpha value is -3.58. The van der Waals surface area contributed by atoms with Crippen LogP contribution in [-0.4, -0.2) is 25.3 Å². The predicted molar refractivity (Wildman–Crippen MR) is 114 cm³/mol. The number of amides is 1. The summed E-state index contributed by atoms with van der Waals surface area (Å²) in [5.74, 6) is 0.404. The summed E-state index contributed by atoms with van der Waals surface area (Å²) in [7, 11) is 0. The molecule has 0 bridgehead atoms. The molecule has 0 spiro atoms. The van der Waals surface area contributed by atoms with Gasteiger partial charge in [0.05, 0.1) is 15.8 Å². The molecule has 6 nitrogen and oxygen atoms in total. The van der Waals surface area contributed by atoms with Crippen LogP contribution in [0.5, 0.6) is 0 Å². The third kappa shape index (κ3) is 3.48. The molecule has 5 aromatic rings. The van der Waals surface area contributed by atoms with E-state index < -0.39 is 0 Å². The number of aromatic nitrogens is 4. The molecule has 0 aliphatic heterocycles. The summed E-state index contributed by atoms with van der Waals surface area (Å²) < 4.78 is 2.92. The van der Waals surface area contributed by atoms with Gasteiger partial charge in [0.1, 0.15) is 5.01 Å². The first-order valence-corrected chi connectivity index (χ1v) is 10.0. The molecule has 142 valence electrons. The van der Waals surface area contributed by atoms with Crippen LogP contribution in [0.3, 0.4) is 0 Å². The zero-order chi connectivity index (χ0) is 19.8. The Bertz CT molecular complexity index is 1340. The Balaban J connectivity index is 1.29. The van der Waals surface area contributed by atoms with E-state index in [0.29, 0.717) is 17.9 Å². The SMILES string of the molecule is Cc1ccc2nc(-c3ccc(CNC(=O)c4cnc5nccn5c4)cc3)sc2c1. The number of nitrogens with one attached hydrogen (secondary N) is 1. The minimum absolute atomic E-state index is 0.168. The van der Waals surface area contributed by atoms with Gasteiger partial charge in [-0.1, -0.05) is 30.3 Å². The van der Waals surface area contributed by atoms with Crippen LogP contribution in [0.4, 0.5) is 0 Å². The molecule has 3 heterocycles. The van der Waals surface area contributed by atoms with Crippen LogP contribution in [0.2, 0.25) is 0 Å². The van der Waals surface area contributed by atoms with E-state index >= 15 is 0 Å². The van der Waals surface area contributed by atoms with E-state index in [1.165, 1.54) is 16.5 Å². The number of rotatable bonds is 4. The molecule has 0 unspecified atom stereocenters. The normalized spacial score (nSPS) is 11.2. The molecule has 0 aliphatic carbocycles. The average Bonchev–Trinajstić information content (AvgIpc) is 3.38. The standard InChI is InChI=1S/C22H17N5OS/c1-14-2-7-18-19(10-14)29-21(26-18)16-5-3-15(4-6-16)11-24-20(28)17-12-25-22-23-8-9-27(22)13-17/h2-10,12-13H,11H2,1H3,(H,24,28). The third-order valence-electron chi connectivity index (χ3n) is 4.71. The molecule has 1 amide bonds. The number of carbonyl (C=O) groups excluding carboxylic acids is 1. The summed E-state index contributed by atoms with van der Waals surface area (Å²) in [6.07, 6.45) is 6.68. The zero-order valence-electron chi connectivity index (χ0n) is 15.7. The second-order valence-electron chi connectivity index (χ2n) is 6.85. The lowest BCUT2D eigenvalue weighted by Crippen LogP contribution is -2.23. The molecule has 29 heavy (non-hydrogen) atoms. The summed E-state index contributed by atoms with van der Waals surface area (Å²) in [6.45, 7) is 2.53. The molecule has 7 heteroatoms. The van der Waals surface area contributed by atoms with E-state index in [0.717, 1.165) is 21.7 Å². The number of nitrogens with zero attached hydrogens (tertiary/aromatic N) is 4. The van der Waals surface area contributed by atoms with Gasteiger partial charge in [0.2, 0.25) is 5.78 Å². The van der Waals surface area contributed by atoms with Gasteiger partial charge in [-0.15, -0.1) is 11.3 Å². The molecule has 0 atom stereocenters. The lowest BCUT2D eigenvalue weighted by molar-refractivity contribution is 0.0950. The summed E-state index contributed by atoms with van der Waals surface area (Å²) >= 11 is 1.69. The van der Waals surface area contributed by atoms with Crippen molar-refractivity contribution in [3.8, 4) is 10.6 Å². The lowest BCUT2D eigenvalue weighted by atomic mass is 10.1. The Morgan fingerprint density at radius 1 is 1.14 bits per heavy atom. The number of thiazole rings is 1. The Morgan fingerprint density at radius 2 is 2.00 bits per heavy atom. The lowest BCUT2D eigenvalue weighted by Gasteiger charge is -2.06. The van der Waals surface area contributed by atoms with Crippen LogP contribution in [0, 0.1) is 6.92 Å². The molecular formula is C22H17N5OS. The van der Waals surface area contributed by atoms with E-state index in [1.807, 2.05) is 24.3 Å². The number of fused-ring (bicyclic) bond motifs is 2. The van der Waals surface area contributed by atoms with Crippen molar-refractivity contribution in [1.29, 1.82) is 0 Å². The van der Waals surface area contributed by atoms with Gasteiger partial charge in [-0.3, -0.25) is 9.20 Å². The zero-order valence-corrected chi connectivity index (χ0v) is 16.5. The first-order chi connectivity index (χ1) is 14.2. The first-order valence-electron chi connectivity index (χ1n) is 9.19. The van der Waals surface area contributed by atoms with Gasteiger partial charge < -0.3 is 5.32 Å². The Labute approximate surface area is 170 Å². The summed E-state index contributed by atoms with van der Waals surface area (Å²) in [6, 6.07) is 14.4. The van der Waals surface area contributed by atoms with Gasteiger partial charge in [-0.2, -0.15) is 0 Å². The maximum atomic E-state index is 12.4. The molecule has 0 aliphatic rings. The molecule has 1 N–H and O–H groups in total. The number of aryl methyl sites for hydroxylation is 1. The summed E-state index contributed by atoms with van der Waals surface area (Å²) in [5.41, 5.74) is 4.86. The van der Waals surface area contributed by atoms with Crippen molar-refractivity contribution in [2.45, 2.75) is 13.5 Å². The number of carbonyl (C=O) groups is 1. The molecule has 0 saturated heterocycles. The van der Waals surface area contributed by atoms with Gasteiger partial charge in [-0.05, 0) is 30.2 Å². The number of hydrogen-bond donors (Lipinski definition) is 1. The van der Waals surface area contributed by atoms with E-state index in [9.17, 15) is 4.79 Å². The number of hydrogen-bond acceptors (Lipinski definition) is 5. The largest absolute Gasteiger partial charge is 0.348 e. The van der Waals surface area contributed by atoms with Crippen molar-refractivity contribution in [3.05, 3.63) is 83.9 Å². The minimum Gasteiger partial charge on any atom is -0.348 e. The second-order valence-corrected chi connectivity index (χ2v) is 7.88. The monoisotopic (exact) mass is 399 g/mol. The van der Waals surface area contributed by atoms with Gasteiger partial charge >= 0.3 is 0 Å². The molecule has 0 fully saturated rings. The van der Waals surface area contributed by atoms with E-state index in [4.69, 9.17) is 4.98 Å². The highest BCUT2D eigenvalue weighted by Gasteiger charge is 2.09. The van der Waals surface area contributed by atoms with Crippen LogP contribution < -0.4 is 5.32 Å². The number of benzene rings is 2. The van der Waals surface area contributed by atoms with E-state index in [-0.39, 0.29) is 5.91 Å². The minimum atomic E-state index is -0.168. The molecular weight excluding hydrogens is 382 g/mol.